The van der Waals surface area contributed by atoms with E-state index in [1.54, 1.807) is 12.3 Å². The molecule has 1 aromatic carbocycles. The molecular formula is C17H20N2O3. The molecule has 0 saturated carbocycles. The molecule has 0 unspecified atom stereocenters. The van der Waals surface area contributed by atoms with E-state index in [2.05, 4.69) is 10.3 Å². The van der Waals surface area contributed by atoms with Gasteiger partial charge < -0.3 is 10.1 Å². The van der Waals surface area contributed by atoms with E-state index >= 15 is 0 Å². The summed E-state index contributed by atoms with van der Waals surface area (Å²) in [6, 6.07) is 8.41. The number of benzene rings is 1. The first-order chi connectivity index (χ1) is 10.6. The molecule has 1 heterocycles. The Balaban J connectivity index is 2.31. The van der Waals surface area contributed by atoms with Gasteiger partial charge in [0.2, 0.25) is 0 Å². The number of ether oxygens (including phenoxy) is 1. The number of carbonyl (C=O) groups excluding carboxylic acids is 2. The average molecular weight is 300 g/mol. The van der Waals surface area contributed by atoms with Crippen molar-refractivity contribution in [2.24, 2.45) is 5.92 Å². The molecule has 1 N–H and O–H groups in total. The highest BCUT2D eigenvalue weighted by atomic mass is 16.5. The van der Waals surface area contributed by atoms with E-state index in [4.69, 9.17) is 4.74 Å². The summed E-state index contributed by atoms with van der Waals surface area (Å²) in [6.45, 7) is 3.88. The van der Waals surface area contributed by atoms with E-state index in [-0.39, 0.29) is 11.8 Å². The lowest BCUT2D eigenvalue weighted by atomic mass is 9.98. The van der Waals surface area contributed by atoms with Crippen LogP contribution in [0.25, 0.3) is 10.9 Å². The molecule has 1 amide bonds. The minimum absolute atomic E-state index is 0.00972. The SMILES string of the molecule is CC[C@@H](C)[C@@H](NC(=O)c1ccnc2ccccc12)C(=O)OC. The number of fused-ring (bicyclic) bond motifs is 1. The second kappa shape index (κ2) is 7.02. The van der Waals surface area contributed by atoms with Crippen molar-refractivity contribution >= 4 is 22.8 Å². The third-order valence-corrected chi connectivity index (χ3v) is 3.85. The van der Waals surface area contributed by atoms with Crippen molar-refractivity contribution in [3.8, 4) is 0 Å². The lowest BCUT2D eigenvalue weighted by Crippen LogP contribution is -2.45. The summed E-state index contributed by atoms with van der Waals surface area (Å²) in [5.41, 5.74) is 1.25. The molecule has 22 heavy (non-hydrogen) atoms. The van der Waals surface area contributed by atoms with Crippen LogP contribution in [0.3, 0.4) is 0 Å². The summed E-state index contributed by atoms with van der Waals surface area (Å²) in [7, 11) is 1.33. The zero-order chi connectivity index (χ0) is 16.1. The molecule has 5 nitrogen and oxygen atoms in total. The van der Waals surface area contributed by atoms with Crippen LogP contribution in [-0.4, -0.2) is 30.0 Å². The van der Waals surface area contributed by atoms with Crippen LogP contribution in [0, 0.1) is 5.92 Å². The molecular weight excluding hydrogens is 280 g/mol. The molecule has 116 valence electrons. The Morgan fingerprint density at radius 2 is 2.00 bits per heavy atom. The van der Waals surface area contributed by atoms with Gasteiger partial charge in [-0.25, -0.2) is 4.79 Å². The number of nitrogens with zero attached hydrogens (tertiary/aromatic N) is 1. The Kier molecular flexibility index (Phi) is 5.09. The first kappa shape index (κ1) is 15.9. The van der Waals surface area contributed by atoms with E-state index in [0.29, 0.717) is 5.56 Å². The van der Waals surface area contributed by atoms with Crippen molar-refractivity contribution in [3.05, 3.63) is 42.1 Å². The fourth-order valence-electron chi connectivity index (χ4n) is 2.31. The molecule has 1 aromatic heterocycles. The van der Waals surface area contributed by atoms with Crippen molar-refractivity contribution in [1.82, 2.24) is 10.3 Å². The van der Waals surface area contributed by atoms with Crippen LogP contribution < -0.4 is 5.32 Å². The molecule has 2 aromatic rings. The normalized spacial score (nSPS) is 13.4. The largest absolute Gasteiger partial charge is 0.467 e. The highest BCUT2D eigenvalue weighted by Gasteiger charge is 2.27. The Hall–Kier alpha value is -2.43. The number of aromatic nitrogens is 1. The van der Waals surface area contributed by atoms with E-state index in [9.17, 15) is 9.59 Å². The van der Waals surface area contributed by atoms with Gasteiger partial charge in [-0.15, -0.1) is 0 Å². The number of hydrogen-bond donors (Lipinski definition) is 1. The topological polar surface area (TPSA) is 68.3 Å². The van der Waals surface area contributed by atoms with Gasteiger partial charge in [0.1, 0.15) is 6.04 Å². The molecule has 2 atom stereocenters. The Morgan fingerprint density at radius 1 is 1.27 bits per heavy atom. The van der Waals surface area contributed by atoms with Gasteiger partial charge in [-0.3, -0.25) is 9.78 Å². The second-order valence-electron chi connectivity index (χ2n) is 5.24. The summed E-state index contributed by atoms with van der Waals surface area (Å²) >= 11 is 0. The van der Waals surface area contributed by atoms with Crippen LogP contribution >= 0.6 is 0 Å². The quantitative estimate of drug-likeness (QED) is 0.862. The van der Waals surface area contributed by atoms with Gasteiger partial charge in [0, 0.05) is 11.6 Å². The molecule has 0 radical (unpaired) electrons. The molecule has 0 fully saturated rings. The van der Waals surface area contributed by atoms with Crippen molar-refractivity contribution in [2.45, 2.75) is 26.3 Å². The van der Waals surface area contributed by atoms with Crippen LogP contribution in [0.2, 0.25) is 0 Å². The summed E-state index contributed by atoms with van der Waals surface area (Å²) in [6.07, 6.45) is 2.35. The summed E-state index contributed by atoms with van der Waals surface area (Å²) in [5, 5.41) is 3.55. The first-order valence-corrected chi connectivity index (χ1v) is 7.31. The number of nitrogens with one attached hydrogen (secondary N) is 1. The van der Waals surface area contributed by atoms with Crippen molar-refractivity contribution in [3.63, 3.8) is 0 Å². The summed E-state index contributed by atoms with van der Waals surface area (Å²) < 4.78 is 4.79. The molecule has 5 heteroatoms. The summed E-state index contributed by atoms with van der Waals surface area (Å²) in [5.74, 6) is -0.736. The van der Waals surface area contributed by atoms with Gasteiger partial charge in [0.15, 0.2) is 0 Å². The number of rotatable bonds is 5. The number of pyridine rings is 1. The highest BCUT2D eigenvalue weighted by Crippen LogP contribution is 2.17. The third kappa shape index (κ3) is 3.24. The van der Waals surface area contributed by atoms with Crippen molar-refractivity contribution < 1.29 is 14.3 Å². The predicted octanol–water partition coefficient (Wildman–Crippen LogP) is 2.55. The number of amides is 1. The van der Waals surface area contributed by atoms with Gasteiger partial charge >= 0.3 is 5.97 Å². The minimum atomic E-state index is -0.658. The fraction of sp³-hybridized carbons (Fsp3) is 0.353. The van der Waals surface area contributed by atoms with Crippen LogP contribution in [0.15, 0.2) is 36.5 Å². The third-order valence-electron chi connectivity index (χ3n) is 3.85. The second-order valence-corrected chi connectivity index (χ2v) is 5.24. The van der Waals surface area contributed by atoms with Gasteiger partial charge in [-0.05, 0) is 18.1 Å². The van der Waals surface area contributed by atoms with Crippen LogP contribution in [0.4, 0.5) is 0 Å². The Morgan fingerprint density at radius 3 is 2.68 bits per heavy atom. The molecule has 0 bridgehead atoms. The average Bonchev–Trinajstić information content (AvgIpc) is 2.57. The van der Waals surface area contributed by atoms with E-state index < -0.39 is 12.0 Å². The van der Waals surface area contributed by atoms with Crippen LogP contribution in [-0.2, 0) is 9.53 Å². The number of esters is 1. The maximum Gasteiger partial charge on any atom is 0.328 e. The number of methoxy groups -OCH3 is 1. The smallest absolute Gasteiger partial charge is 0.328 e. The fourth-order valence-corrected chi connectivity index (χ4v) is 2.31. The molecule has 0 saturated heterocycles. The van der Waals surface area contributed by atoms with Crippen molar-refractivity contribution in [2.75, 3.05) is 7.11 Å². The highest BCUT2D eigenvalue weighted by molar-refractivity contribution is 6.07. The standard InChI is InChI=1S/C17H20N2O3/c1-4-11(2)15(17(21)22-3)19-16(20)13-9-10-18-14-8-6-5-7-12(13)14/h5-11,15H,4H2,1-3H3,(H,19,20)/t11-,15-/m1/s1. The van der Waals surface area contributed by atoms with Gasteiger partial charge in [0.05, 0.1) is 18.2 Å². The van der Waals surface area contributed by atoms with Crippen LogP contribution in [0.5, 0.6) is 0 Å². The number of para-hydroxylation sites is 1. The van der Waals surface area contributed by atoms with Gasteiger partial charge in [-0.2, -0.15) is 0 Å². The maximum atomic E-state index is 12.6. The Labute approximate surface area is 129 Å². The minimum Gasteiger partial charge on any atom is -0.467 e. The first-order valence-electron chi connectivity index (χ1n) is 7.31. The van der Waals surface area contributed by atoms with Crippen LogP contribution in [0.1, 0.15) is 30.6 Å². The van der Waals surface area contributed by atoms with E-state index in [0.717, 1.165) is 17.3 Å². The number of carbonyl (C=O) groups is 2. The molecule has 0 aliphatic heterocycles. The van der Waals surface area contributed by atoms with Crippen molar-refractivity contribution in [1.29, 1.82) is 0 Å². The lowest BCUT2D eigenvalue weighted by molar-refractivity contribution is -0.144. The zero-order valence-corrected chi connectivity index (χ0v) is 13.0. The molecule has 0 aliphatic carbocycles. The summed E-state index contributed by atoms with van der Waals surface area (Å²) in [4.78, 5) is 28.7. The Bertz CT molecular complexity index is 679. The monoisotopic (exact) mass is 300 g/mol. The predicted molar refractivity (Wildman–Crippen MR) is 84.5 cm³/mol. The maximum absolute atomic E-state index is 12.6. The number of hydrogen-bond acceptors (Lipinski definition) is 4. The zero-order valence-electron chi connectivity index (χ0n) is 13.0. The molecule has 0 aliphatic rings. The molecule has 0 spiro atoms. The molecule has 2 rings (SSSR count). The van der Waals surface area contributed by atoms with E-state index in [1.165, 1.54) is 7.11 Å². The van der Waals surface area contributed by atoms with Gasteiger partial charge in [0.25, 0.3) is 5.91 Å². The van der Waals surface area contributed by atoms with E-state index in [1.807, 2.05) is 38.1 Å². The van der Waals surface area contributed by atoms with Gasteiger partial charge in [-0.1, -0.05) is 38.5 Å². The lowest BCUT2D eigenvalue weighted by Gasteiger charge is -2.22.